The fourth-order valence-corrected chi connectivity index (χ4v) is 3.45. The Morgan fingerprint density at radius 2 is 1.72 bits per heavy atom. The smallest absolute Gasteiger partial charge is 0.225 e. The van der Waals surface area contributed by atoms with Crippen LogP contribution in [0.2, 0.25) is 0 Å². The second-order valence-corrected chi connectivity index (χ2v) is 7.12. The molecule has 7 nitrogen and oxygen atoms in total. The summed E-state index contributed by atoms with van der Waals surface area (Å²) in [7, 11) is 3.17. The molecule has 0 atom stereocenters. The lowest BCUT2D eigenvalue weighted by Crippen LogP contribution is -2.47. The van der Waals surface area contributed by atoms with Gasteiger partial charge in [0.1, 0.15) is 0 Å². The Balaban J connectivity index is 1.36. The zero-order valence-electron chi connectivity index (χ0n) is 17.3. The molecule has 1 N–H and O–H groups in total. The summed E-state index contributed by atoms with van der Waals surface area (Å²) in [4.78, 5) is 21.5. The highest BCUT2D eigenvalue weighted by atomic mass is 16.5. The van der Waals surface area contributed by atoms with Crippen molar-refractivity contribution in [2.45, 2.75) is 12.8 Å². The second-order valence-electron chi connectivity index (χ2n) is 7.12. The van der Waals surface area contributed by atoms with Gasteiger partial charge >= 0.3 is 0 Å². The van der Waals surface area contributed by atoms with Crippen LogP contribution in [0.1, 0.15) is 12.1 Å². The van der Waals surface area contributed by atoms with E-state index in [0.717, 1.165) is 51.4 Å². The highest BCUT2D eigenvalue weighted by Crippen LogP contribution is 2.29. The van der Waals surface area contributed by atoms with Crippen molar-refractivity contribution < 1.29 is 14.3 Å². The second kappa shape index (κ2) is 10.8. The van der Waals surface area contributed by atoms with Crippen molar-refractivity contribution in [3.05, 3.63) is 48.3 Å². The first-order valence-electron chi connectivity index (χ1n) is 10.0. The van der Waals surface area contributed by atoms with Crippen LogP contribution in [-0.4, -0.2) is 74.2 Å². The molecule has 1 fully saturated rings. The van der Waals surface area contributed by atoms with E-state index in [2.05, 4.69) is 26.2 Å². The summed E-state index contributed by atoms with van der Waals surface area (Å²) in [6.07, 6.45) is 3.30. The van der Waals surface area contributed by atoms with Crippen molar-refractivity contribution in [3.63, 3.8) is 0 Å². The van der Waals surface area contributed by atoms with Gasteiger partial charge in [0.25, 0.3) is 0 Å². The Kier molecular flexibility index (Phi) is 7.84. The van der Waals surface area contributed by atoms with Gasteiger partial charge in [0.2, 0.25) is 5.91 Å². The Bertz CT molecular complexity index is 777. The van der Waals surface area contributed by atoms with Gasteiger partial charge in [0.05, 0.1) is 14.2 Å². The lowest BCUT2D eigenvalue weighted by Gasteiger charge is -2.34. The standard InChI is InChI=1S/C22H30N4O3/c1-28-20-7-6-19(17-21(20)29-2)24-22(27)9-12-26-15-13-25(14-16-26)11-8-18-5-3-4-10-23-18/h3-7,10,17H,8-9,11-16H2,1-2H3,(H,24,27). The fraction of sp³-hybridized carbons (Fsp3) is 0.455. The predicted octanol–water partition coefficient (Wildman–Crippen LogP) is 2.29. The molecule has 0 saturated carbocycles. The van der Waals surface area contributed by atoms with Crippen molar-refractivity contribution in [2.75, 3.05) is 58.8 Å². The van der Waals surface area contributed by atoms with Gasteiger partial charge in [0.15, 0.2) is 11.5 Å². The van der Waals surface area contributed by atoms with Gasteiger partial charge in [-0.1, -0.05) is 6.07 Å². The van der Waals surface area contributed by atoms with Gasteiger partial charge in [-0.2, -0.15) is 0 Å². The number of methoxy groups -OCH3 is 2. The van der Waals surface area contributed by atoms with Gasteiger partial charge in [0, 0.05) is 75.8 Å². The molecule has 1 amide bonds. The summed E-state index contributed by atoms with van der Waals surface area (Å²) < 4.78 is 10.5. The molecule has 0 bridgehead atoms. The summed E-state index contributed by atoms with van der Waals surface area (Å²) in [5, 5.41) is 2.94. The summed E-state index contributed by atoms with van der Waals surface area (Å²) in [6.45, 7) is 5.85. The lowest BCUT2D eigenvalue weighted by molar-refractivity contribution is -0.116. The van der Waals surface area contributed by atoms with Gasteiger partial charge in [-0.05, 0) is 24.3 Å². The minimum atomic E-state index is 0.00908. The van der Waals surface area contributed by atoms with Crippen molar-refractivity contribution >= 4 is 11.6 Å². The molecule has 2 heterocycles. The van der Waals surface area contributed by atoms with Crippen LogP contribution in [-0.2, 0) is 11.2 Å². The average molecular weight is 399 g/mol. The fourth-order valence-electron chi connectivity index (χ4n) is 3.45. The first-order chi connectivity index (χ1) is 14.2. The number of rotatable bonds is 9. The van der Waals surface area contributed by atoms with Crippen LogP contribution in [0.25, 0.3) is 0 Å². The van der Waals surface area contributed by atoms with E-state index in [9.17, 15) is 4.79 Å². The Hall–Kier alpha value is -2.64. The Morgan fingerprint density at radius 1 is 1.00 bits per heavy atom. The van der Waals surface area contributed by atoms with Crippen LogP contribution < -0.4 is 14.8 Å². The van der Waals surface area contributed by atoms with E-state index in [1.54, 1.807) is 26.4 Å². The molecule has 0 radical (unpaired) electrons. The predicted molar refractivity (Wildman–Crippen MR) is 114 cm³/mol. The monoisotopic (exact) mass is 398 g/mol. The third-order valence-electron chi connectivity index (χ3n) is 5.20. The minimum Gasteiger partial charge on any atom is -0.493 e. The van der Waals surface area contributed by atoms with E-state index >= 15 is 0 Å². The Labute approximate surface area is 172 Å². The quantitative estimate of drug-likeness (QED) is 0.699. The van der Waals surface area contributed by atoms with Crippen molar-refractivity contribution in [3.8, 4) is 11.5 Å². The van der Waals surface area contributed by atoms with Gasteiger partial charge in [-0.25, -0.2) is 0 Å². The molecule has 0 unspecified atom stereocenters. The van der Waals surface area contributed by atoms with E-state index in [0.29, 0.717) is 23.6 Å². The van der Waals surface area contributed by atoms with Gasteiger partial charge < -0.3 is 24.6 Å². The maximum Gasteiger partial charge on any atom is 0.225 e. The third-order valence-corrected chi connectivity index (χ3v) is 5.20. The third kappa shape index (κ3) is 6.44. The van der Waals surface area contributed by atoms with Crippen LogP contribution in [0.4, 0.5) is 5.69 Å². The molecular formula is C22H30N4O3. The SMILES string of the molecule is COc1ccc(NC(=O)CCN2CCN(CCc3ccccn3)CC2)cc1OC. The topological polar surface area (TPSA) is 66.9 Å². The number of ether oxygens (including phenoxy) is 2. The van der Waals surface area contributed by atoms with Crippen molar-refractivity contribution in [2.24, 2.45) is 0 Å². The number of anilines is 1. The van der Waals surface area contributed by atoms with Crippen LogP contribution in [0.3, 0.4) is 0 Å². The summed E-state index contributed by atoms with van der Waals surface area (Å²) in [5.74, 6) is 1.26. The van der Waals surface area contributed by atoms with E-state index in [4.69, 9.17) is 9.47 Å². The molecule has 1 aliphatic heterocycles. The van der Waals surface area contributed by atoms with Crippen LogP contribution >= 0.6 is 0 Å². The molecule has 156 valence electrons. The zero-order valence-corrected chi connectivity index (χ0v) is 17.3. The number of carbonyl (C=O) groups is 1. The maximum absolute atomic E-state index is 12.3. The number of aromatic nitrogens is 1. The number of hydrogen-bond acceptors (Lipinski definition) is 6. The molecule has 2 aromatic rings. The Morgan fingerprint density at radius 3 is 2.38 bits per heavy atom. The molecule has 3 rings (SSSR count). The summed E-state index contributed by atoms with van der Waals surface area (Å²) in [6, 6.07) is 11.4. The van der Waals surface area contributed by atoms with Crippen LogP contribution in [0, 0.1) is 0 Å². The maximum atomic E-state index is 12.3. The first-order valence-corrected chi connectivity index (χ1v) is 10.0. The van der Waals surface area contributed by atoms with E-state index in [1.807, 2.05) is 24.4 Å². The number of nitrogens with zero attached hydrogens (tertiary/aromatic N) is 3. The van der Waals surface area contributed by atoms with Crippen LogP contribution in [0.5, 0.6) is 11.5 Å². The highest BCUT2D eigenvalue weighted by molar-refractivity contribution is 5.91. The molecule has 1 aromatic carbocycles. The molecule has 1 saturated heterocycles. The largest absolute Gasteiger partial charge is 0.493 e. The van der Waals surface area contributed by atoms with Crippen molar-refractivity contribution in [1.82, 2.24) is 14.8 Å². The molecular weight excluding hydrogens is 368 g/mol. The number of carbonyl (C=O) groups excluding carboxylic acids is 1. The van der Waals surface area contributed by atoms with Gasteiger partial charge in [-0.15, -0.1) is 0 Å². The molecule has 1 aliphatic rings. The number of benzene rings is 1. The zero-order chi connectivity index (χ0) is 20.5. The van der Waals surface area contributed by atoms with Gasteiger partial charge in [-0.3, -0.25) is 9.78 Å². The summed E-state index contributed by atoms with van der Waals surface area (Å²) >= 11 is 0. The average Bonchev–Trinajstić information content (AvgIpc) is 2.77. The normalized spacial score (nSPS) is 15.1. The first kappa shape index (κ1) is 21.1. The number of amides is 1. The highest BCUT2D eigenvalue weighted by Gasteiger charge is 2.17. The molecule has 0 spiro atoms. The van der Waals surface area contributed by atoms with E-state index in [1.165, 1.54) is 0 Å². The molecule has 7 heteroatoms. The van der Waals surface area contributed by atoms with E-state index in [-0.39, 0.29) is 5.91 Å². The van der Waals surface area contributed by atoms with Crippen molar-refractivity contribution in [1.29, 1.82) is 0 Å². The van der Waals surface area contributed by atoms with E-state index < -0.39 is 0 Å². The number of pyridine rings is 1. The lowest BCUT2D eigenvalue weighted by atomic mass is 10.2. The minimum absolute atomic E-state index is 0.00908. The number of nitrogens with one attached hydrogen (secondary N) is 1. The molecule has 29 heavy (non-hydrogen) atoms. The molecule has 1 aromatic heterocycles. The number of piperazine rings is 1. The molecule has 0 aliphatic carbocycles. The number of hydrogen-bond donors (Lipinski definition) is 1. The summed E-state index contributed by atoms with van der Waals surface area (Å²) in [5.41, 5.74) is 1.86. The van der Waals surface area contributed by atoms with Crippen LogP contribution in [0.15, 0.2) is 42.6 Å².